The highest BCUT2D eigenvalue weighted by atomic mass is 15.3. The van der Waals surface area contributed by atoms with Crippen LogP contribution in [0.3, 0.4) is 0 Å². The summed E-state index contributed by atoms with van der Waals surface area (Å²) in [5.74, 6) is 2.80. The summed E-state index contributed by atoms with van der Waals surface area (Å²) >= 11 is 0. The smallest absolute Gasteiger partial charge is 0.234 e. The quantitative estimate of drug-likeness (QED) is 0.307. The fourth-order valence-electron chi connectivity index (χ4n) is 6.06. The van der Waals surface area contributed by atoms with Gasteiger partial charge in [0.1, 0.15) is 23.2 Å². The molecule has 210 valence electrons. The van der Waals surface area contributed by atoms with Crippen LogP contribution in [-0.4, -0.2) is 58.4 Å². The lowest BCUT2D eigenvalue weighted by molar-refractivity contribution is 0.367. The molecule has 0 bridgehead atoms. The topological polar surface area (TPSA) is 152 Å². The third-order valence-electron chi connectivity index (χ3n) is 8.15. The summed E-state index contributed by atoms with van der Waals surface area (Å²) < 4.78 is 3.81. The molecule has 3 N–H and O–H groups in total. The zero-order valence-corrected chi connectivity index (χ0v) is 23.0. The Labute approximate surface area is 246 Å². The molecule has 1 saturated heterocycles. The summed E-state index contributed by atoms with van der Waals surface area (Å²) in [4.78, 5) is 24.7. The molecule has 0 saturated carbocycles. The predicted octanol–water partition coefficient (Wildman–Crippen LogP) is 3.38. The average Bonchev–Trinajstić information content (AvgIpc) is 3.77. The molecule has 0 unspecified atom stereocenters. The number of anilines is 2. The molecular weight excluding hydrogens is 540 g/mol. The molecule has 1 aliphatic heterocycles. The Kier molecular flexibility index (Phi) is 5.83. The normalized spacial score (nSPS) is 16.3. The standard InChI is InChI=1S/C31H26N12/c32-16-26-34-13-10-27(39-26)41-17-20(18-41)37-24-7-4-19-15-21(5-6-22(19)24)43-30(23-3-1-11-35-29(23)33)38-25-8-9-28(40-31(25)43)42-14-2-12-36-42/h1-3,5-6,8-15,20,24,37H,4,7,17-18H2,(H2,33,35)/t24-/m0/s1. The summed E-state index contributed by atoms with van der Waals surface area (Å²) in [7, 11) is 0. The van der Waals surface area contributed by atoms with E-state index in [4.69, 9.17) is 21.0 Å². The number of hydrogen-bond acceptors (Lipinski definition) is 10. The highest BCUT2D eigenvalue weighted by molar-refractivity contribution is 5.83. The van der Waals surface area contributed by atoms with Crippen LogP contribution >= 0.6 is 0 Å². The van der Waals surface area contributed by atoms with Crippen LogP contribution in [-0.2, 0) is 6.42 Å². The summed E-state index contributed by atoms with van der Waals surface area (Å²) in [6, 6.07) is 20.6. The van der Waals surface area contributed by atoms with Gasteiger partial charge in [0.25, 0.3) is 0 Å². The van der Waals surface area contributed by atoms with Crippen LogP contribution in [0.2, 0.25) is 0 Å². The third kappa shape index (κ3) is 4.34. The zero-order valence-electron chi connectivity index (χ0n) is 23.0. The maximum Gasteiger partial charge on any atom is 0.234 e. The summed E-state index contributed by atoms with van der Waals surface area (Å²) in [6.07, 6.45) is 8.92. The van der Waals surface area contributed by atoms with Crippen LogP contribution in [0.4, 0.5) is 11.6 Å². The Morgan fingerprint density at radius 1 is 0.930 bits per heavy atom. The maximum atomic E-state index is 9.11. The second kappa shape index (κ2) is 10.0. The summed E-state index contributed by atoms with van der Waals surface area (Å²) in [5.41, 5.74) is 12.1. The molecule has 0 radical (unpaired) electrons. The Bertz CT molecular complexity index is 2020. The third-order valence-corrected chi connectivity index (χ3v) is 8.15. The molecule has 0 amide bonds. The molecule has 43 heavy (non-hydrogen) atoms. The lowest BCUT2D eigenvalue weighted by Crippen LogP contribution is -2.58. The molecule has 1 aromatic carbocycles. The SMILES string of the molecule is N#Cc1nccc(N2CC(N[C@H]3CCc4cc(-n5c(-c6cccnc6N)nc6ccc(-n7cccn7)nc65)ccc43)C2)n1. The lowest BCUT2D eigenvalue weighted by Gasteiger charge is -2.42. The molecule has 0 spiro atoms. The van der Waals surface area contributed by atoms with Crippen LogP contribution in [0, 0.1) is 11.3 Å². The van der Waals surface area contributed by atoms with Gasteiger partial charge in [-0.05, 0) is 72.5 Å². The van der Waals surface area contributed by atoms with E-state index >= 15 is 0 Å². The number of benzene rings is 1. The molecule has 1 fully saturated rings. The minimum Gasteiger partial charge on any atom is -0.383 e. The number of nitrogen functional groups attached to an aromatic ring is 1. The molecule has 2 aliphatic rings. The highest BCUT2D eigenvalue weighted by Gasteiger charge is 2.33. The van der Waals surface area contributed by atoms with E-state index in [9.17, 15) is 0 Å². The van der Waals surface area contributed by atoms with Crippen molar-refractivity contribution in [1.82, 2.24) is 44.6 Å². The van der Waals surface area contributed by atoms with Gasteiger partial charge in [-0.25, -0.2) is 29.6 Å². The Hall–Kier alpha value is -5.67. The number of rotatable bonds is 6. The van der Waals surface area contributed by atoms with E-state index in [1.165, 1.54) is 11.1 Å². The van der Waals surface area contributed by atoms with Crippen LogP contribution in [0.5, 0.6) is 0 Å². The van der Waals surface area contributed by atoms with Gasteiger partial charge in [-0.3, -0.25) is 4.57 Å². The number of imidazole rings is 1. The zero-order chi connectivity index (χ0) is 28.9. The van der Waals surface area contributed by atoms with Gasteiger partial charge in [-0.15, -0.1) is 0 Å². The number of aryl methyl sites for hydroxylation is 1. The van der Waals surface area contributed by atoms with Gasteiger partial charge >= 0.3 is 0 Å². The van der Waals surface area contributed by atoms with Crippen molar-refractivity contribution in [3.8, 4) is 29.0 Å². The van der Waals surface area contributed by atoms with Gasteiger partial charge in [0.05, 0.1) is 5.56 Å². The molecule has 1 aliphatic carbocycles. The van der Waals surface area contributed by atoms with Crippen molar-refractivity contribution in [3.05, 3.63) is 96.3 Å². The Balaban J connectivity index is 1.11. The monoisotopic (exact) mass is 566 g/mol. The van der Waals surface area contributed by atoms with E-state index in [2.05, 4.69) is 53.0 Å². The number of nitrogens with two attached hydrogens (primary N) is 1. The Morgan fingerprint density at radius 2 is 1.86 bits per heavy atom. The second-order valence-corrected chi connectivity index (χ2v) is 10.8. The molecule has 5 aromatic heterocycles. The molecule has 12 heteroatoms. The van der Waals surface area contributed by atoms with E-state index in [0.717, 1.165) is 54.2 Å². The van der Waals surface area contributed by atoms with Gasteiger partial charge in [-0.2, -0.15) is 10.4 Å². The molecule has 8 rings (SSSR count). The first-order valence-electron chi connectivity index (χ1n) is 14.1. The highest BCUT2D eigenvalue weighted by Crippen LogP contribution is 2.36. The first-order chi connectivity index (χ1) is 21.1. The van der Waals surface area contributed by atoms with Crippen molar-refractivity contribution >= 4 is 22.8 Å². The molecular formula is C31H26N12. The second-order valence-electron chi connectivity index (χ2n) is 10.8. The molecule has 6 heterocycles. The number of aromatic nitrogens is 8. The van der Waals surface area contributed by atoms with Gasteiger partial charge in [0, 0.05) is 55.6 Å². The summed E-state index contributed by atoms with van der Waals surface area (Å²) in [5, 5.41) is 17.3. The van der Waals surface area contributed by atoms with E-state index in [0.29, 0.717) is 23.5 Å². The van der Waals surface area contributed by atoms with E-state index in [1.807, 2.05) is 48.7 Å². The number of fused-ring (bicyclic) bond motifs is 2. The number of pyridine rings is 2. The van der Waals surface area contributed by atoms with Crippen molar-refractivity contribution in [2.24, 2.45) is 0 Å². The fourth-order valence-corrected chi connectivity index (χ4v) is 6.06. The number of hydrogen-bond donors (Lipinski definition) is 2. The molecule has 12 nitrogen and oxygen atoms in total. The first kappa shape index (κ1) is 25.1. The Morgan fingerprint density at radius 3 is 2.70 bits per heavy atom. The lowest BCUT2D eigenvalue weighted by atomic mass is 10.0. The van der Waals surface area contributed by atoms with E-state index in [1.54, 1.807) is 23.3 Å². The average molecular weight is 567 g/mol. The van der Waals surface area contributed by atoms with Gasteiger partial charge in [-0.1, -0.05) is 6.07 Å². The van der Waals surface area contributed by atoms with Crippen molar-refractivity contribution < 1.29 is 0 Å². The fraction of sp³-hybridized carbons (Fsp3) is 0.194. The number of nitrogens with one attached hydrogen (secondary N) is 1. The maximum absolute atomic E-state index is 9.11. The molecule has 1 atom stereocenters. The van der Waals surface area contributed by atoms with Crippen LogP contribution in [0.25, 0.3) is 34.1 Å². The van der Waals surface area contributed by atoms with Gasteiger partial charge in [0.2, 0.25) is 5.82 Å². The van der Waals surface area contributed by atoms with E-state index in [-0.39, 0.29) is 11.9 Å². The van der Waals surface area contributed by atoms with Crippen LogP contribution in [0.1, 0.15) is 29.4 Å². The van der Waals surface area contributed by atoms with Crippen molar-refractivity contribution in [1.29, 1.82) is 5.26 Å². The first-order valence-corrected chi connectivity index (χ1v) is 14.1. The minimum atomic E-state index is 0.197. The van der Waals surface area contributed by atoms with Crippen molar-refractivity contribution in [3.63, 3.8) is 0 Å². The van der Waals surface area contributed by atoms with Crippen LogP contribution in [0.15, 0.2) is 79.4 Å². The molecule has 6 aromatic rings. The van der Waals surface area contributed by atoms with Crippen molar-refractivity contribution in [2.45, 2.75) is 24.9 Å². The van der Waals surface area contributed by atoms with E-state index < -0.39 is 0 Å². The number of nitriles is 1. The van der Waals surface area contributed by atoms with Gasteiger partial charge < -0.3 is 16.0 Å². The van der Waals surface area contributed by atoms with Crippen LogP contribution < -0.4 is 16.0 Å². The predicted molar refractivity (Wildman–Crippen MR) is 161 cm³/mol. The summed E-state index contributed by atoms with van der Waals surface area (Å²) in [6.45, 7) is 1.68. The largest absolute Gasteiger partial charge is 0.383 e. The van der Waals surface area contributed by atoms with Crippen molar-refractivity contribution in [2.75, 3.05) is 23.7 Å². The minimum absolute atomic E-state index is 0.197. The van der Waals surface area contributed by atoms with Gasteiger partial charge in [0.15, 0.2) is 17.3 Å². The number of nitrogens with zero attached hydrogens (tertiary/aromatic N) is 10.